The Morgan fingerprint density at radius 2 is 1.42 bits per heavy atom. The normalized spacial score (nSPS) is 13.8. The van der Waals surface area contributed by atoms with Gasteiger partial charge in [0.05, 0.1) is 25.2 Å². The number of rotatable bonds is 15. The lowest BCUT2D eigenvalue weighted by molar-refractivity contribution is -0.143. The van der Waals surface area contributed by atoms with E-state index in [0.29, 0.717) is 5.69 Å². The molecule has 204 valence electrons. The minimum atomic E-state index is -1.74. The van der Waals surface area contributed by atoms with Gasteiger partial charge in [-0.05, 0) is 12.0 Å². The van der Waals surface area contributed by atoms with Crippen LogP contribution in [0.3, 0.4) is 0 Å². The number of nitrogens with zero attached hydrogens (tertiary/aromatic N) is 1. The van der Waals surface area contributed by atoms with Crippen molar-refractivity contribution in [3.63, 3.8) is 0 Å². The van der Waals surface area contributed by atoms with Crippen LogP contribution in [0.1, 0.15) is 24.1 Å². The minimum Gasteiger partial charge on any atom is -0.481 e. The highest BCUT2D eigenvalue weighted by Crippen LogP contribution is 2.05. The summed E-state index contributed by atoms with van der Waals surface area (Å²) in [6.07, 6.45) is 0.983. The molecule has 1 heterocycles. The topological polar surface area (TPSA) is 260 Å². The molecule has 4 amide bonds. The molecule has 0 aliphatic rings. The molecule has 2 rings (SSSR count). The van der Waals surface area contributed by atoms with Crippen molar-refractivity contribution in [3.05, 3.63) is 54.1 Å². The third-order valence-corrected chi connectivity index (χ3v) is 5.28. The number of amides is 4. The van der Waals surface area contributed by atoms with Crippen molar-refractivity contribution in [1.82, 2.24) is 25.9 Å². The molecule has 0 aliphatic heterocycles. The molecule has 15 nitrogen and oxygen atoms in total. The van der Waals surface area contributed by atoms with E-state index in [-0.39, 0.29) is 12.8 Å². The van der Waals surface area contributed by atoms with Crippen LogP contribution in [0.5, 0.6) is 0 Å². The molecule has 2 aromatic rings. The Labute approximate surface area is 216 Å². The molecule has 0 aliphatic carbocycles. The van der Waals surface area contributed by atoms with Gasteiger partial charge in [-0.1, -0.05) is 30.3 Å². The van der Waals surface area contributed by atoms with E-state index in [0.717, 1.165) is 5.56 Å². The van der Waals surface area contributed by atoms with Gasteiger partial charge in [0.15, 0.2) is 0 Å². The van der Waals surface area contributed by atoms with Crippen molar-refractivity contribution >= 4 is 35.6 Å². The first-order valence-electron chi connectivity index (χ1n) is 11.4. The van der Waals surface area contributed by atoms with Gasteiger partial charge >= 0.3 is 11.9 Å². The molecule has 4 atom stereocenters. The number of aromatic amines is 1. The number of primary amides is 1. The minimum absolute atomic E-state index is 0.120. The zero-order valence-electron chi connectivity index (χ0n) is 20.1. The fraction of sp³-hybridized carbons (Fsp3) is 0.348. The van der Waals surface area contributed by atoms with Crippen LogP contribution in [-0.4, -0.2) is 79.9 Å². The fourth-order valence-corrected chi connectivity index (χ4v) is 3.39. The van der Waals surface area contributed by atoms with Crippen LogP contribution in [-0.2, 0) is 41.6 Å². The van der Waals surface area contributed by atoms with Crippen LogP contribution in [0.4, 0.5) is 0 Å². The van der Waals surface area contributed by atoms with E-state index in [1.54, 1.807) is 30.3 Å². The summed E-state index contributed by atoms with van der Waals surface area (Å²) in [5, 5.41) is 25.3. The van der Waals surface area contributed by atoms with Crippen LogP contribution in [0, 0.1) is 0 Å². The van der Waals surface area contributed by atoms with E-state index in [9.17, 15) is 39.0 Å². The van der Waals surface area contributed by atoms with Crippen molar-refractivity contribution in [2.24, 2.45) is 11.5 Å². The van der Waals surface area contributed by atoms with Gasteiger partial charge in [0, 0.05) is 18.3 Å². The lowest BCUT2D eigenvalue weighted by Gasteiger charge is -2.24. The molecule has 0 saturated heterocycles. The van der Waals surface area contributed by atoms with Gasteiger partial charge in [0.2, 0.25) is 23.6 Å². The number of benzene rings is 1. The highest BCUT2D eigenvalue weighted by molar-refractivity contribution is 5.97. The molecule has 0 fully saturated rings. The van der Waals surface area contributed by atoms with Gasteiger partial charge in [-0.3, -0.25) is 24.0 Å². The number of nitrogens with one attached hydrogen (secondary N) is 4. The van der Waals surface area contributed by atoms with Crippen LogP contribution in [0.15, 0.2) is 42.9 Å². The highest BCUT2D eigenvalue weighted by atomic mass is 16.4. The molecule has 0 saturated carbocycles. The molecule has 10 N–H and O–H groups in total. The SMILES string of the molecule is NC(=O)CC(NC(=O)C(N)Cc1ccccc1)C(=O)NC(CC(=O)O)C(=O)NC(Cc1cnc[nH]1)C(=O)O. The average Bonchev–Trinajstić information content (AvgIpc) is 3.35. The van der Waals surface area contributed by atoms with Crippen LogP contribution in [0.25, 0.3) is 0 Å². The van der Waals surface area contributed by atoms with Crippen LogP contribution in [0.2, 0.25) is 0 Å². The van der Waals surface area contributed by atoms with Crippen LogP contribution < -0.4 is 27.4 Å². The molecule has 15 heteroatoms. The van der Waals surface area contributed by atoms with E-state index in [4.69, 9.17) is 11.5 Å². The second-order valence-corrected chi connectivity index (χ2v) is 8.37. The van der Waals surface area contributed by atoms with Gasteiger partial charge < -0.3 is 42.6 Å². The van der Waals surface area contributed by atoms with Crippen molar-refractivity contribution in [2.75, 3.05) is 0 Å². The zero-order chi connectivity index (χ0) is 28.2. The first-order chi connectivity index (χ1) is 18.0. The quantitative estimate of drug-likeness (QED) is 0.119. The van der Waals surface area contributed by atoms with E-state index >= 15 is 0 Å². The van der Waals surface area contributed by atoms with Gasteiger partial charge in [-0.25, -0.2) is 9.78 Å². The smallest absolute Gasteiger partial charge is 0.326 e. The lowest BCUT2D eigenvalue weighted by atomic mass is 10.0. The van der Waals surface area contributed by atoms with Gasteiger partial charge in [0.1, 0.15) is 18.1 Å². The van der Waals surface area contributed by atoms with E-state index in [1.807, 2.05) is 0 Å². The second kappa shape index (κ2) is 14.1. The number of nitrogens with two attached hydrogens (primary N) is 2. The first-order valence-corrected chi connectivity index (χ1v) is 11.4. The predicted octanol–water partition coefficient (Wildman–Crippen LogP) is -2.59. The largest absolute Gasteiger partial charge is 0.481 e. The number of aromatic nitrogens is 2. The molecular weight excluding hydrogens is 502 g/mol. The molecule has 38 heavy (non-hydrogen) atoms. The Morgan fingerprint density at radius 3 is 1.95 bits per heavy atom. The number of hydrogen-bond acceptors (Lipinski definition) is 8. The molecule has 0 bridgehead atoms. The summed E-state index contributed by atoms with van der Waals surface area (Å²) < 4.78 is 0. The average molecular weight is 532 g/mol. The Morgan fingerprint density at radius 1 is 0.842 bits per heavy atom. The lowest BCUT2D eigenvalue weighted by Crippen LogP contribution is -2.58. The Bertz CT molecular complexity index is 1140. The maximum Gasteiger partial charge on any atom is 0.326 e. The number of carboxylic acids is 2. The standard InChI is InChI=1S/C23H29N7O8/c24-14(6-12-4-2-1-3-5-12)20(34)28-15(8-18(25)31)21(35)29-16(9-19(32)33)22(36)30-17(23(37)38)7-13-10-26-11-27-13/h1-5,10-11,14-17H,6-9,24H2,(H2,25,31)(H,26,27)(H,28,34)(H,29,35)(H,30,36)(H,32,33)(H,37,38). The number of hydrogen-bond donors (Lipinski definition) is 8. The number of H-pyrrole nitrogens is 1. The molecular formula is C23H29N7O8. The third-order valence-electron chi connectivity index (χ3n) is 5.28. The van der Waals surface area contributed by atoms with Crippen LogP contribution >= 0.6 is 0 Å². The monoisotopic (exact) mass is 531 g/mol. The van der Waals surface area contributed by atoms with E-state index in [2.05, 4.69) is 25.9 Å². The van der Waals surface area contributed by atoms with E-state index < -0.39 is 72.6 Å². The molecule has 1 aromatic carbocycles. The third kappa shape index (κ3) is 9.69. The molecule has 0 spiro atoms. The summed E-state index contributed by atoms with van der Waals surface area (Å²) in [5.41, 5.74) is 12.2. The summed E-state index contributed by atoms with van der Waals surface area (Å²) in [6, 6.07) is 2.87. The fourth-order valence-electron chi connectivity index (χ4n) is 3.39. The molecule has 1 aromatic heterocycles. The first kappa shape index (κ1) is 29.4. The predicted molar refractivity (Wildman–Crippen MR) is 130 cm³/mol. The highest BCUT2D eigenvalue weighted by Gasteiger charge is 2.32. The second-order valence-electron chi connectivity index (χ2n) is 8.37. The summed E-state index contributed by atoms with van der Waals surface area (Å²) in [7, 11) is 0. The summed E-state index contributed by atoms with van der Waals surface area (Å²) in [4.78, 5) is 79.2. The maximum atomic E-state index is 12.9. The van der Waals surface area contributed by atoms with Crippen molar-refractivity contribution < 1.29 is 39.0 Å². The Hall–Kier alpha value is -4.79. The zero-order valence-corrected chi connectivity index (χ0v) is 20.1. The van der Waals surface area contributed by atoms with Gasteiger partial charge in [-0.2, -0.15) is 0 Å². The number of carbonyl (C=O) groups is 6. The van der Waals surface area contributed by atoms with Gasteiger partial charge in [0.25, 0.3) is 0 Å². The maximum absolute atomic E-state index is 12.9. The van der Waals surface area contributed by atoms with E-state index in [1.165, 1.54) is 12.5 Å². The summed E-state index contributed by atoms with van der Waals surface area (Å²) in [6.45, 7) is 0. The summed E-state index contributed by atoms with van der Waals surface area (Å²) >= 11 is 0. The van der Waals surface area contributed by atoms with Gasteiger partial charge in [-0.15, -0.1) is 0 Å². The molecule has 0 radical (unpaired) electrons. The van der Waals surface area contributed by atoms with Crippen molar-refractivity contribution in [3.8, 4) is 0 Å². The van der Waals surface area contributed by atoms with Crippen molar-refractivity contribution in [1.29, 1.82) is 0 Å². The Balaban J connectivity index is 2.12. The number of aliphatic carboxylic acids is 2. The summed E-state index contributed by atoms with van der Waals surface area (Å²) in [5.74, 6) is -6.86. The van der Waals surface area contributed by atoms with Crippen molar-refractivity contribution in [2.45, 2.75) is 49.9 Å². The number of carboxylic acid groups (broad SMARTS) is 2. The Kier molecular flexibility index (Phi) is 10.9. The number of imidazole rings is 1. The number of carbonyl (C=O) groups excluding carboxylic acids is 4. The molecule has 4 unspecified atom stereocenters.